The number of fused-ring (bicyclic) bond motifs is 1. The molecule has 3 heterocycles. The maximum Gasteiger partial charge on any atom is 0.351 e. The summed E-state index contributed by atoms with van der Waals surface area (Å²) >= 11 is 0.473. The molecule has 158 valence electrons. The molecule has 1 aliphatic heterocycles. The van der Waals surface area contributed by atoms with Gasteiger partial charge < -0.3 is 10.1 Å². The molecule has 1 N–H and O–H groups in total. The molecule has 0 fully saturated rings. The number of benzene rings is 1. The monoisotopic (exact) mass is 434 g/mol. The highest BCUT2D eigenvalue weighted by Gasteiger charge is 2.17. The van der Waals surface area contributed by atoms with Gasteiger partial charge in [-0.3, -0.25) is 0 Å². The fourth-order valence-corrected chi connectivity index (χ4v) is 4.06. The summed E-state index contributed by atoms with van der Waals surface area (Å²) in [5, 5.41) is 16.4. The van der Waals surface area contributed by atoms with Gasteiger partial charge >= 0.3 is 6.03 Å². The van der Waals surface area contributed by atoms with Gasteiger partial charge in [0.1, 0.15) is 11.8 Å². The number of amides is 2. The molecule has 0 saturated heterocycles. The van der Waals surface area contributed by atoms with Crippen molar-refractivity contribution in [3.8, 4) is 23.1 Å². The van der Waals surface area contributed by atoms with E-state index in [-0.39, 0.29) is 5.92 Å². The summed E-state index contributed by atoms with van der Waals surface area (Å²) < 4.78 is 11.6. The molecule has 1 aliphatic rings. The molecule has 0 radical (unpaired) electrons. The third kappa shape index (κ3) is 4.49. The van der Waals surface area contributed by atoms with Crippen molar-refractivity contribution in [1.82, 2.24) is 14.8 Å². The van der Waals surface area contributed by atoms with E-state index in [0.29, 0.717) is 35.4 Å². The first-order chi connectivity index (χ1) is 15.1. The van der Waals surface area contributed by atoms with Crippen LogP contribution in [0.25, 0.3) is 11.1 Å². The van der Waals surface area contributed by atoms with Gasteiger partial charge in [0.25, 0.3) is 0 Å². The van der Waals surface area contributed by atoms with Crippen LogP contribution in [0.5, 0.6) is 5.88 Å². The Morgan fingerprint density at radius 3 is 3.06 bits per heavy atom. The number of hydrogen-bond donors (Lipinski definition) is 2. The number of pyridine rings is 1. The summed E-state index contributed by atoms with van der Waals surface area (Å²) in [7, 11) is 0. The van der Waals surface area contributed by atoms with E-state index in [1.54, 1.807) is 23.1 Å². The number of anilines is 1. The van der Waals surface area contributed by atoms with Crippen molar-refractivity contribution < 1.29 is 9.53 Å². The molecule has 0 unspecified atom stereocenters. The van der Waals surface area contributed by atoms with E-state index in [0.717, 1.165) is 34.6 Å². The number of para-hydroxylation sites is 1. The number of aromatic nitrogens is 3. The summed E-state index contributed by atoms with van der Waals surface area (Å²) in [4.78, 5) is 17.5. The van der Waals surface area contributed by atoms with Crippen LogP contribution in [0, 0.1) is 11.3 Å². The van der Waals surface area contributed by atoms with Crippen molar-refractivity contribution in [2.24, 2.45) is 4.36 Å². The Bertz CT molecular complexity index is 1190. The van der Waals surface area contributed by atoms with E-state index in [2.05, 4.69) is 39.7 Å². The Morgan fingerprint density at radius 2 is 2.26 bits per heavy atom. The molecule has 3 aromatic rings. The van der Waals surface area contributed by atoms with Crippen LogP contribution in [0.15, 0.2) is 52.0 Å². The maximum absolute atomic E-state index is 12.7. The van der Waals surface area contributed by atoms with Crippen molar-refractivity contribution in [3.05, 3.63) is 54.0 Å². The van der Waals surface area contributed by atoms with Crippen LogP contribution in [0.3, 0.4) is 0 Å². The number of rotatable bonds is 4. The van der Waals surface area contributed by atoms with Gasteiger partial charge in [-0.25, -0.2) is 14.5 Å². The van der Waals surface area contributed by atoms with Gasteiger partial charge in [-0.1, -0.05) is 43.6 Å². The Hall–Kier alpha value is -3.51. The minimum absolute atomic E-state index is 0.182. The molecule has 0 spiro atoms. The summed E-state index contributed by atoms with van der Waals surface area (Å²) in [5.41, 5.74) is 3.61. The average Bonchev–Trinajstić information content (AvgIpc) is 3.21. The number of carbonyl (C=O) groups is 1. The number of nitrogens with zero attached hydrogens (tertiary/aromatic N) is 5. The minimum atomic E-state index is -0.457. The highest BCUT2D eigenvalue weighted by Crippen LogP contribution is 2.35. The zero-order valence-electron chi connectivity index (χ0n) is 17.2. The lowest BCUT2D eigenvalue weighted by Gasteiger charge is -2.17. The normalized spacial score (nSPS) is 13.2. The van der Waals surface area contributed by atoms with E-state index in [1.807, 2.05) is 24.3 Å². The third-order valence-electron chi connectivity index (χ3n) is 4.91. The molecule has 0 bridgehead atoms. The van der Waals surface area contributed by atoms with E-state index in [9.17, 15) is 10.1 Å². The SMILES string of the molecule is CC(C)c1cccc(-c2ccnc(C#N)c2)c1NC(=O)N=[SH]c1cnn2c1OCCC2. The summed E-state index contributed by atoms with van der Waals surface area (Å²) in [6.45, 7) is 5.57. The fourth-order valence-electron chi connectivity index (χ4n) is 3.45. The first kappa shape index (κ1) is 20.8. The first-order valence-electron chi connectivity index (χ1n) is 9.97. The molecule has 0 aliphatic carbocycles. The second-order valence-electron chi connectivity index (χ2n) is 7.36. The molecule has 4 rings (SSSR count). The largest absolute Gasteiger partial charge is 0.477 e. The van der Waals surface area contributed by atoms with Crippen LogP contribution in [-0.4, -0.2) is 27.4 Å². The molecule has 2 aromatic heterocycles. The summed E-state index contributed by atoms with van der Waals surface area (Å²) in [6.07, 6.45) is 4.19. The van der Waals surface area contributed by atoms with Crippen molar-refractivity contribution in [2.75, 3.05) is 11.9 Å². The number of ether oxygens (including phenoxy) is 1. The van der Waals surface area contributed by atoms with Gasteiger partial charge in [0.15, 0.2) is 0 Å². The van der Waals surface area contributed by atoms with Crippen molar-refractivity contribution in [3.63, 3.8) is 0 Å². The van der Waals surface area contributed by atoms with Crippen LogP contribution >= 0.6 is 0 Å². The highest BCUT2D eigenvalue weighted by molar-refractivity contribution is 7.68. The van der Waals surface area contributed by atoms with Gasteiger partial charge in [0, 0.05) is 24.7 Å². The Labute approximate surface area is 184 Å². The number of aryl methyl sites for hydroxylation is 1. The van der Waals surface area contributed by atoms with E-state index < -0.39 is 6.03 Å². The lowest BCUT2D eigenvalue weighted by Crippen LogP contribution is -2.15. The number of nitrogens with one attached hydrogen (secondary N) is 1. The van der Waals surface area contributed by atoms with Gasteiger partial charge in [-0.05, 0) is 29.2 Å². The highest BCUT2D eigenvalue weighted by atomic mass is 32.1. The summed E-state index contributed by atoms with van der Waals surface area (Å²) in [6, 6.07) is 11.0. The van der Waals surface area contributed by atoms with E-state index in [1.165, 1.54) is 0 Å². The zero-order chi connectivity index (χ0) is 21.8. The smallest absolute Gasteiger partial charge is 0.351 e. The minimum Gasteiger partial charge on any atom is -0.477 e. The van der Waals surface area contributed by atoms with Gasteiger partial charge in [0.2, 0.25) is 5.88 Å². The van der Waals surface area contributed by atoms with E-state index >= 15 is 0 Å². The standard InChI is InChI=1S/C22H22N6O2S/c1-14(2)17-5-3-6-18(15-7-8-24-16(11-15)12-23)20(17)26-22(29)27-31-19-13-25-28-9-4-10-30-21(19)28/h3,5-8,11,13-14,31H,4,9-10H2,1-2H3,(H,26,29). The van der Waals surface area contributed by atoms with Gasteiger partial charge in [0.05, 0.1) is 23.4 Å². The molecule has 2 amide bonds. The van der Waals surface area contributed by atoms with Gasteiger partial charge in [-0.2, -0.15) is 14.7 Å². The average molecular weight is 435 g/mol. The lowest BCUT2D eigenvalue weighted by atomic mass is 9.94. The van der Waals surface area contributed by atoms with Crippen molar-refractivity contribution >= 4 is 23.3 Å². The number of hydrogen-bond acceptors (Lipinski definition) is 5. The molecule has 8 nitrogen and oxygen atoms in total. The molecule has 0 atom stereocenters. The van der Waals surface area contributed by atoms with Crippen molar-refractivity contribution in [2.45, 2.75) is 37.6 Å². The molecular weight excluding hydrogens is 412 g/mol. The first-order valence-corrected chi connectivity index (χ1v) is 10.8. The Morgan fingerprint density at radius 1 is 1.39 bits per heavy atom. The van der Waals surface area contributed by atoms with Crippen molar-refractivity contribution in [1.29, 1.82) is 5.26 Å². The number of nitriles is 1. The predicted octanol–water partition coefficient (Wildman–Crippen LogP) is 4.31. The second-order valence-corrected chi connectivity index (χ2v) is 8.24. The zero-order valence-corrected chi connectivity index (χ0v) is 18.1. The third-order valence-corrected chi connectivity index (χ3v) is 5.71. The second kappa shape index (κ2) is 9.10. The number of carbonyl (C=O) groups excluding carboxylic acids is 1. The quantitative estimate of drug-likeness (QED) is 0.595. The van der Waals surface area contributed by atoms with E-state index in [4.69, 9.17) is 4.74 Å². The number of thiol groups is 1. The lowest BCUT2D eigenvalue weighted by molar-refractivity contribution is 0.225. The predicted molar refractivity (Wildman–Crippen MR) is 119 cm³/mol. The van der Waals surface area contributed by atoms with Gasteiger partial charge in [-0.15, -0.1) is 0 Å². The molecule has 0 saturated carbocycles. The topological polar surface area (TPSA) is 105 Å². The van der Waals surface area contributed by atoms with Crippen LogP contribution in [0.2, 0.25) is 0 Å². The Kier molecular flexibility index (Phi) is 6.09. The number of urea groups is 1. The molecule has 31 heavy (non-hydrogen) atoms. The van der Waals surface area contributed by atoms with Crippen LogP contribution in [0.4, 0.5) is 10.5 Å². The van der Waals surface area contributed by atoms with Crippen LogP contribution in [0.1, 0.15) is 37.4 Å². The van der Waals surface area contributed by atoms with Crippen LogP contribution < -0.4 is 10.1 Å². The molecule has 9 heteroatoms. The molecular formula is C22H22N6O2S. The molecule has 1 aromatic carbocycles. The van der Waals surface area contributed by atoms with Crippen LogP contribution in [-0.2, 0) is 18.1 Å². The maximum atomic E-state index is 12.7. The Balaban J connectivity index is 1.64. The fraction of sp³-hybridized carbons (Fsp3) is 0.273. The summed E-state index contributed by atoms with van der Waals surface area (Å²) in [5.74, 6) is 0.856.